The molecule has 0 aliphatic carbocycles. The molecule has 2 nitrogen and oxygen atoms in total. The smallest absolute Gasteiger partial charge is 0.196 e. The summed E-state index contributed by atoms with van der Waals surface area (Å²) < 4.78 is 15.6. The Morgan fingerprint density at radius 3 is 2.67 bits per heavy atom. The summed E-state index contributed by atoms with van der Waals surface area (Å²) in [4.78, 5) is 12.7. The summed E-state index contributed by atoms with van der Waals surface area (Å²) in [6.45, 7) is 0. The van der Waals surface area contributed by atoms with Gasteiger partial charge in [0.25, 0.3) is 0 Å². The van der Waals surface area contributed by atoms with Crippen molar-refractivity contribution >= 4 is 50.9 Å². The van der Waals surface area contributed by atoms with E-state index in [2.05, 4.69) is 0 Å². The number of ketones is 1. The van der Waals surface area contributed by atoms with Gasteiger partial charge >= 0.3 is 0 Å². The molecular weight excluding hydrogens is 404 g/mol. The molecule has 0 atom stereocenters. The largest absolute Gasteiger partial charge is 0.350 e. The van der Waals surface area contributed by atoms with Crippen molar-refractivity contribution in [1.29, 1.82) is 0 Å². The molecule has 0 aliphatic heterocycles. The third-order valence-electron chi connectivity index (χ3n) is 3.37. The lowest BCUT2D eigenvalue weighted by molar-refractivity contribution is 0.103. The first-order valence-corrected chi connectivity index (χ1v) is 7.67. The van der Waals surface area contributed by atoms with Gasteiger partial charge in [-0.2, -0.15) is 0 Å². The van der Waals surface area contributed by atoms with E-state index in [1.807, 2.05) is 46.3 Å². The van der Waals surface area contributed by atoms with Gasteiger partial charge in [0.05, 0.1) is 0 Å². The monoisotopic (exact) mass is 413 g/mol. The quantitative estimate of drug-likeness (QED) is 0.437. The van der Waals surface area contributed by atoms with Gasteiger partial charge in [0.15, 0.2) is 5.78 Å². The summed E-state index contributed by atoms with van der Waals surface area (Å²) in [6, 6.07) is 9.60. The average Bonchev–Trinajstić information content (AvgIpc) is 2.75. The second kappa shape index (κ2) is 5.42. The number of benzene rings is 2. The van der Waals surface area contributed by atoms with Crippen LogP contribution in [0.5, 0.6) is 0 Å². The Hall–Kier alpha value is -1.40. The summed E-state index contributed by atoms with van der Waals surface area (Å²) in [6.07, 6.45) is 1.78. The van der Waals surface area contributed by atoms with E-state index >= 15 is 0 Å². The first kappa shape index (κ1) is 14.5. The zero-order chi connectivity index (χ0) is 15.1. The molecule has 0 N–H and O–H groups in total. The lowest BCUT2D eigenvalue weighted by Crippen LogP contribution is -2.03. The van der Waals surface area contributed by atoms with E-state index < -0.39 is 0 Å². The standard InChI is InChI=1S/C16H10ClFINO/c1-20-8-13(11-4-2-9(17)6-15(11)20)16(21)12-5-3-10(18)7-14(12)19/h2-8H,1H3. The van der Waals surface area contributed by atoms with E-state index in [-0.39, 0.29) is 11.6 Å². The van der Waals surface area contributed by atoms with E-state index in [0.717, 1.165) is 10.9 Å². The highest BCUT2D eigenvalue weighted by molar-refractivity contribution is 14.1. The van der Waals surface area contributed by atoms with Gasteiger partial charge in [-0.15, -0.1) is 0 Å². The molecule has 0 spiro atoms. The van der Waals surface area contributed by atoms with Gasteiger partial charge < -0.3 is 4.57 Å². The molecule has 106 valence electrons. The van der Waals surface area contributed by atoms with Gasteiger partial charge in [0.1, 0.15) is 5.82 Å². The Morgan fingerprint density at radius 2 is 1.95 bits per heavy atom. The second-order valence-electron chi connectivity index (χ2n) is 4.77. The number of carbonyl (C=O) groups excluding carboxylic acids is 1. The summed E-state index contributed by atoms with van der Waals surface area (Å²) in [5.74, 6) is -0.465. The van der Waals surface area contributed by atoms with Crippen molar-refractivity contribution in [2.75, 3.05) is 0 Å². The van der Waals surface area contributed by atoms with Crippen LogP contribution in [0.4, 0.5) is 4.39 Å². The minimum atomic E-state index is -0.347. The molecule has 0 radical (unpaired) electrons. The van der Waals surface area contributed by atoms with E-state index in [4.69, 9.17) is 11.6 Å². The fraction of sp³-hybridized carbons (Fsp3) is 0.0625. The van der Waals surface area contributed by atoms with Gasteiger partial charge in [0, 0.05) is 43.9 Å². The Bertz CT molecular complexity index is 872. The van der Waals surface area contributed by atoms with Crippen LogP contribution in [0.1, 0.15) is 15.9 Å². The second-order valence-corrected chi connectivity index (χ2v) is 6.37. The van der Waals surface area contributed by atoms with E-state index in [0.29, 0.717) is 19.7 Å². The lowest BCUT2D eigenvalue weighted by Gasteiger charge is -2.03. The van der Waals surface area contributed by atoms with Crippen molar-refractivity contribution in [2.24, 2.45) is 7.05 Å². The normalized spacial score (nSPS) is 11.0. The minimum absolute atomic E-state index is 0.118. The fourth-order valence-electron chi connectivity index (χ4n) is 2.36. The van der Waals surface area contributed by atoms with Gasteiger partial charge in [-0.25, -0.2) is 4.39 Å². The van der Waals surface area contributed by atoms with Gasteiger partial charge in [-0.05, 0) is 52.9 Å². The number of hydrogen-bond acceptors (Lipinski definition) is 1. The van der Waals surface area contributed by atoms with E-state index in [1.165, 1.54) is 18.2 Å². The Morgan fingerprint density at radius 1 is 1.19 bits per heavy atom. The minimum Gasteiger partial charge on any atom is -0.350 e. The summed E-state index contributed by atoms with van der Waals surface area (Å²) in [7, 11) is 1.87. The topological polar surface area (TPSA) is 22.0 Å². The van der Waals surface area contributed by atoms with Crippen LogP contribution in [0.2, 0.25) is 5.02 Å². The maximum absolute atomic E-state index is 13.2. The molecule has 0 saturated carbocycles. The maximum atomic E-state index is 13.2. The number of aryl methyl sites for hydroxylation is 1. The van der Waals surface area contributed by atoms with Crippen molar-refractivity contribution in [3.8, 4) is 0 Å². The summed E-state index contributed by atoms with van der Waals surface area (Å²) in [5, 5.41) is 1.46. The number of nitrogens with zero attached hydrogens (tertiary/aromatic N) is 1. The van der Waals surface area contributed by atoms with Crippen LogP contribution in [0, 0.1) is 9.39 Å². The highest BCUT2D eigenvalue weighted by Gasteiger charge is 2.18. The Balaban J connectivity index is 2.18. The number of hydrogen-bond donors (Lipinski definition) is 0. The average molecular weight is 414 g/mol. The number of fused-ring (bicyclic) bond motifs is 1. The number of aromatic nitrogens is 1. The van der Waals surface area contributed by atoms with Gasteiger partial charge in [0.2, 0.25) is 0 Å². The molecule has 2 aromatic carbocycles. The summed E-state index contributed by atoms with van der Waals surface area (Å²) in [5.41, 5.74) is 1.98. The van der Waals surface area contributed by atoms with Crippen molar-refractivity contribution in [3.63, 3.8) is 0 Å². The predicted octanol–water partition coefficient (Wildman–Crippen LogP) is 4.81. The van der Waals surface area contributed by atoms with Gasteiger partial charge in [-0.3, -0.25) is 4.79 Å². The Kier molecular flexibility index (Phi) is 3.75. The van der Waals surface area contributed by atoms with E-state index in [1.54, 1.807) is 12.3 Å². The molecule has 0 fully saturated rings. The molecule has 0 bridgehead atoms. The van der Waals surface area contributed by atoms with E-state index in [9.17, 15) is 9.18 Å². The lowest BCUT2D eigenvalue weighted by atomic mass is 10.0. The maximum Gasteiger partial charge on any atom is 0.196 e. The third-order valence-corrected chi connectivity index (χ3v) is 4.50. The van der Waals surface area contributed by atoms with Crippen molar-refractivity contribution in [1.82, 2.24) is 4.57 Å². The molecule has 5 heteroatoms. The highest BCUT2D eigenvalue weighted by Crippen LogP contribution is 2.27. The van der Waals surface area contributed by atoms with Crippen LogP contribution in [-0.4, -0.2) is 10.4 Å². The molecule has 3 aromatic rings. The molecule has 0 aliphatic rings. The molecule has 1 heterocycles. The van der Waals surface area contributed by atoms with Crippen molar-refractivity contribution in [2.45, 2.75) is 0 Å². The zero-order valence-electron chi connectivity index (χ0n) is 11.0. The van der Waals surface area contributed by atoms with Crippen LogP contribution >= 0.6 is 34.2 Å². The van der Waals surface area contributed by atoms with Crippen LogP contribution in [0.15, 0.2) is 42.6 Å². The Labute approximate surface area is 139 Å². The number of rotatable bonds is 2. The first-order chi connectivity index (χ1) is 9.97. The van der Waals surface area contributed by atoms with Crippen molar-refractivity contribution < 1.29 is 9.18 Å². The fourth-order valence-corrected chi connectivity index (χ4v) is 3.25. The SMILES string of the molecule is Cn1cc(C(=O)c2ccc(F)cc2I)c2ccc(Cl)cc21. The number of halogens is 3. The molecule has 3 rings (SSSR count). The molecule has 1 aromatic heterocycles. The first-order valence-electron chi connectivity index (χ1n) is 6.21. The molecule has 0 unspecified atom stereocenters. The molecule has 0 amide bonds. The summed E-state index contributed by atoms with van der Waals surface area (Å²) >= 11 is 7.97. The molecule has 0 saturated heterocycles. The van der Waals surface area contributed by atoms with Gasteiger partial charge in [-0.1, -0.05) is 17.7 Å². The van der Waals surface area contributed by atoms with Crippen LogP contribution in [0.25, 0.3) is 10.9 Å². The van der Waals surface area contributed by atoms with Crippen LogP contribution in [-0.2, 0) is 7.05 Å². The predicted molar refractivity (Wildman–Crippen MR) is 90.5 cm³/mol. The number of carbonyl (C=O) groups is 1. The highest BCUT2D eigenvalue weighted by atomic mass is 127. The van der Waals surface area contributed by atoms with Crippen molar-refractivity contribution in [3.05, 3.63) is 68.1 Å². The third kappa shape index (κ3) is 2.58. The van der Waals surface area contributed by atoms with Crippen LogP contribution < -0.4 is 0 Å². The zero-order valence-corrected chi connectivity index (χ0v) is 13.9. The molecular formula is C16H10ClFINO. The van der Waals surface area contributed by atoms with Crippen LogP contribution in [0.3, 0.4) is 0 Å². The molecule has 21 heavy (non-hydrogen) atoms.